The first-order valence-electron chi connectivity index (χ1n) is 8.79. The number of amides is 2. The Morgan fingerprint density at radius 1 is 1.43 bits per heavy atom. The zero-order valence-electron chi connectivity index (χ0n) is 16.5. The number of nitrogens with zero attached hydrogens (tertiary/aromatic N) is 3. The molecule has 1 unspecified atom stereocenters. The van der Waals surface area contributed by atoms with Gasteiger partial charge in [-0.05, 0) is 39.0 Å². The number of rotatable bonds is 4. The molecule has 1 aromatic carbocycles. The van der Waals surface area contributed by atoms with Crippen molar-refractivity contribution in [3.8, 4) is 0 Å². The predicted octanol–water partition coefficient (Wildman–Crippen LogP) is 2.55. The Morgan fingerprint density at radius 2 is 2.18 bits per heavy atom. The van der Waals surface area contributed by atoms with E-state index < -0.39 is 23.9 Å². The molecule has 1 atom stereocenters. The van der Waals surface area contributed by atoms with Crippen molar-refractivity contribution in [2.45, 2.75) is 32.5 Å². The highest BCUT2D eigenvalue weighted by molar-refractivity contribution is 7.16. The van der Waals surface area contributed by atoms with E-state index >= 15 is 0 Å². The fraction of sp³-hybridized carbons (Fsp3) is 0.500. The van der Waals surface area contributed by atoms with Gasteiger partial charge in [0.2, 0.25) is 4.80 Å². The number of ether oxygens (including phenoxy) is 2. The first-order valence-corrected chi connectivity index (χ1v) is 9.61. The Morgan fingerprint density at radius 3 is 2.86 bits per heavy atom. The van der Waals surface area contributed by atoms with Crippen LogP contribution in [0, 0.1) is 0 Å². The summed E-state index contributed by atoms with van der Waals surface area (Å²) in [4.78, 5) is 31.2. The van der Waals surface area contributed by atoms with Gasteiger partial charge in [-0.25, -0.2) is 9.59 Å². The largest absolute Gasteiger partial charge is 0.444 e. The summed E-state index contributed by atoms with van der Waals surface area (Å²) in [5.74, 6) is 0. The number of carbonyl (C=O) groups excluding carboxylic acids is 2. The van der Waals surface area contributed by atoms with Crippen LogP contribution in [0.2, 0.25) is 0 Å². The molecule has 1 aromatic heterocycles. The van der Waals surface area contributed by atoms with Gasteiger partial charge in [-0.3, -0.25) is 4.90 Å². The lowest BCUT2D eigenvalue weighted by atomic mass is 10.2. The topological polar surface area (TPSA) is 94.4 Å². The number of hydrogen-bond donors (Lipinski definition) is 1. The van der Waals surface area contributed by atoms with E-state index in [0.717, 1.165) is 20.7 Å². The highest BCUT2D eigenvalue weighted by Crippen LogP contribution is 2.27. The fourth-order valence-corrected chi connectivity index (χ4v) is 3.84. The summed E-state index contributed by atoms with van der Waals surface area (Å²) in [6.07, 6.45) is -1.43. The van der Waals surface area contributed by atoms with E-state index in [-0.39, 0.29) is 6.54 Å². The smallest absolute Gasteiger partial charge is 0.414 e. The van der Waals surface area contributed by atoms with Gasteiger partial charge >= 0.3 is 12.2 Å². The van der Waals surface area contributed by atoms with Crippen molar-refractivity contribution in [1.82, 2.24) is 9.88 Å². The predicted molar refractivity (Wildman–Crippen MR) is 105 cm³/mol. The number of thiazole rings is 1. The summed E-state index contributed by atoms with van der Waals surface area (Å²) in [5.41, 5.74) is 1.13. The third-order valence-electron chi connectivity index (χ3n) is 4.02. The van der Waals surface area contributed by atoms with Gasteiger partial charge in [0.25, 0.3) is 0 Å². The Bertz CT molecular complexity index is 959. The molecule has 1 N–H and O–H groups in total. The molecule has 2 aromatic rings. The zero-order valence-corrected chi connectivity index (χ0v) is 17.3. The van der Waals surface area contributed by atoms with Crippen LogP contribution in [-0.4, -0.2) is 48.7 Å². The van der Waals surface area contributed by atoms with Gasteiger partial charge in [-0.2, -0.15) is 0 Å². The van der Waals surface area contributed by atoms with Crippen molar-refractivity contribution in [3.05, 3.63) is 23.0 Å². The van der Waals surface area contributed by atoms with Crippen LogP contribution >= 0.6 is 11.3 Å². The number of aryl methyl sites for hydroxylation is 1. The molecule has 2 heterocycles. The normalized spacial score (nSPS) is 17.8. The van der Waals surface area contributed by atoms with Gasteiger partial charge in [0.1, 0.15) is 18.8 Å². The number of alkyl carbamates (subject to hydrolysis) is 1. The molecule has 1 aliphatic heterocycles. The average Bonchev–Trinajstić information content (AvgIpc) is 3.12. The fourth-order valence-electron chi connectivity index (χ4n) is 2.81. The lowest BCUT2D eigenvalue weighted by Gasteiger charge is -2.20. The minimum absolute atomic E-state index is 0.185. The Labute approximate surface area is 166 Å². The molecule has 2 amide bonds. The molecule has 0 saturated carbocycles. The maximum atomic E-state index is 12.3. The Hall–Kier alpha value is -2.75. The number of nitrogens with one attached hydrogen (secondary N) is 1. The second-order valence-corrected chi connectivity index (χ2v) is 8.38. The molecule has 0 aliphatic carbocycles. The molecule has 10 heteroatoms. The van der Waals surface area contributed by atoms with Crippen LogP contribution in [-0.2, 0) is 21.4 Å². The molecule has 152 valence electrons. The molecule has 0 radical (unpaired) electrons. The summed E-state index contributed by atoms with van der Waals surface area (Å²) in [6, 6.07) is 5.70. The van der Waals surface area contributed by atoms with E-state index in [9.17, 15) is 9.59 Å². The van der Waals surface area contributed by atoms with Gasteiger partial charge in [0, 0.05) is 12.7 Å². The van der Waals surface area contributed by atoms with Crippen LogP contribution in [0.25, 0.3) is 10.2 Å². The first-order chi connectivity index (χ1) is 13.2. The minimum Gasteiger partial charge on any atom is -0.444 e. The molecule has 0 bridgehead atoms. The van der Waals surface area contributed by atoms with E-state index in [2.05, 4.69) is 10.5 Å². The van der Waals surface area contributed by atoms with Crippen molar-refractivity contribution in [2.24, 2.45) is 12.2 Å². The summed E-state index contributed by atoms with van der Waals surface area (Å²) < 4.78 is 13.4. The second kappa shape index (κ2) is 7.70. The van der Waals surface area contributed by atoms with Crippen molar-refractivity contribution in [1.29, 1.82) is 0 Å². The van der Waals surface area contributed by atoms with E-state index in [1.54, 1.807) is 25.7 Å². The number of hydrogen-bond acceptors (Lipinski definition) is 7. The van der Waals surface area contributed by atoms with Crippen LogP contribution < -0.4 is 15.0 Å². The molecule has 3 rings (SSSR count). The standard InChI is InChI=1S/C18H24N4O5S/c1-18(2,3)27-16(23)19-9-12-10-22(17(24)26-12)11-6-7-13-14(8-11)28-15(20-25-5)21(13)4/h6-8,12H,9-10H2,1-5H3,(H,19,23). The first kappa shape index (κ1) is 20.0. The second-order valence-electron chi connectivity index (χ2n) is 7.37. The number of anilines is 1. The maximum Gasteiger partial charge on any atom is 0.414 e. The monoisotopic (exact) mass is 408 g/mol. The molecular formula is C18H24N4O5S. The third kappa shape index (κ3) is 4.38. The van der Waals surface area contributed by atoms with Crippen LogP contribution in [0.3, 0.4) is 0 Å². The Balaban J connectivity index is 1.70. The van der Waals surface area contributed by atoms with Crippen molar-refractivity contribution >= 4 is 39.4 Å². The highest BCUT2D eigenvalue weighted by atomic mass is 32.1. The number of carbonyl (C=O) groups is 2. The van der Waals surface area contributed by atoms with Crippen LogP contribution in [0.1, 0.15) is 20.8 Å². The average molecular weight is 408 g/mol. The molecular weight excluding hydrogens is 384 g/mol. The minimum atomic E-state index is -0.581. The molecule has 1 saturated heterocycles. The Kier molecular flexibility index (Phi) is 5.50. The van der Waals surface area contributed by atoms with Gasteiger partial charge in [-0.15, -0.1) is 0 Å². The van der Waals surface area contributed by atoms with Crippen LogP contribution in [0.5, 0.6) is 0 Å². The summed E-state index contributed by atoms with van der Waals surface area (Å²) in [5, 5.41) is 6.62. The SMILES string of the molecule is CON=c1sc2cc(N3CC(CNC(=O)OC(C)(C)C)OC3=O)ccc2n1C. The van der Waals surface area contributed by atoms with Gasteiger partial charge < -0.3 is 24.2 Å². The van der Waals surface area contributed by atoms with Gasteiger partial charge in [-0.1, -0.05) is 16.5 Å². The van der Waals surface area contributed by atoms with Crippen molar-refractivity contribution in [3.63, 3.8) is 0 Å². The number of aromatic nitrogens is 1. The number of cyclic esters (lactones) is 1. The molecule has 9 nitrogen and oxygen atoms in total. The summed E-state index contributed by atoms with van der Waals surface area (Å²) >= 11 is 1.46. The van der Waals surface area contributed by atoms with Gasteiger partial charge in [0.05, 0.1) is 23.3 Å². The van der Waals surface area contributed by atoms with E-state index in [0.29, 0.717) is 6.54 Å². The molecule has 1 fully saturated rings. The molecule has 0 spiro atoms. The number of fused-ring (bicyclic) bond motifs is 1. The maximum absolute atomic E-state index is 12.3. The lowest BCUT2D eigenvalue weighted by molar-refractivity contribution is 0.0496. The summed E-state index contributed by atoms with van der Waals surface area (Å²) in [6.45, 7) is 5.89. The van der Waals surface area contributed by atoms with Crippen LogP contribution in [0.4, 0.5) is 15.3 Å². The molecule has 28 heavy (non-hydrogen) atoms. The third-order valence-corrected chi connectivity index (χ3v) is 5.10. The van der Waals surface area contributed by atoms with Gasteiger partial charge in [0.15, 0.2) is 0 Å². The van der Waals surface area contributed by atoms with Crippen molar-refractivity contribution in [2.75, 3.05) is 25.1 Å². The van der Waals surface area contributed by atoms with Crippen LogP contribution in [0.15, 0.2) is 23.4 Å². The molecule has 1 aliphatic rings. The van der Waals surface area contributed by atoms with Crippen molar-refractivity contribution < 1.29 is 23.9 Å². The lowest BCUT2D eigenvalue weighted by Crippen LogP contribution is -2.38. The number of benzene rings is 1. The van der Waals surface area contributed by atoms with E-state index in [1.807, 2.05) is 29.8 Å². The summed E-state index contributed by atoms with van der Waals surface area (Å²) in [7, 11) is 3.40. The van der Waals surface area contributed by atoms with E-state index in [4.69, 9.17) is 14.3 Å². The highest BCUT2D eigenvalue weighted by Gasteiger charge is 2.33. The van der Waals surface area contributed by atoms with E-state index in [1.165, 1.54) is 18.4 Å². The zero-order chi connectivity index (χ0) is 20.5. The quantitative estimate of drug-likeness (QED) is 0.785.